The topological polar surface area (TPSA) is 78.9 Å². The SMILES string of the molecule is CCOC(=O)C(C(=O)OCC)C(=O)C1(OC)CCCCC1. The van der Waals surface area contributed by atoms with Crippen LogP contribution in [0.3, 0.4) is 0 Å². The molecule has 0 amide bonds. The van der Waals surface area contributed by atoms with Gasteiger partial charge in [-0.3, -0.25) is 14.4 Å². The van der Waals surface area contributed by atoms with Gasteiger partial charge in [0.25, 0.3) is 0 Å². The third-order valence-corrected chi connectivity index (χ3v) is 3.81. The van der Waals surface area contributed by atoms with Crippen molar-refractivity contribution in [2.45, 2.75) is 51.6 Å². The molecule has 6 nitrogen and oxygen atoms in total. The van der Waals surface area contributed by atoms with E-state index in [1.165, 1.54) is 7.11 Å². The zero-order valence-corrected chi connectivity index (χ0v) is 13.0. The summed E-state index contributed by atoms with van der Waals surface area (Å²) in [6.07, 6.45) is 3.70. The molecule has 0 radical (unpaired) electrons. The Hall–Kier alpha value is -1.43. The van der Waals surface area contributed by atoms with Gasteiger partial charge in [0, 0.05) is 7.11 Å². The van der Waals surface area contributed by atoms with Gasteiger partial charge in [-0.15, -0.1) is 0 Å². The van der Waals surface area contributed by atoms with Crippen LogP contribution < -0.4 is 0 Å². The lowest BCUT2D eigenvalue weighted by molar-refractivity contribution is -0.171. The summed E-state index contributed by atoms with van der Waals surface area (Å²) >= 11 is 0. The minimum atomic E-state index is -1.55. The molecule has 1 fully saturated rings. The van der Waals surface area contributed by atoms with Gasteiger partial charge in [0.1, 0.15) is 5.60 Å². The van der Waals surface area contributed by atoms with Gasteiger partial charge in [0.2, 0.25) is 5.92 Å². The first-order valence-corrected chi connectivity index (χ1v) is 7.45. The lowest BCUT2D eigenvalue weighted by atomic mass is 9.77. The first-order chi connectivity index (χ1) is 10.0. The first kappa shape index (κ1) is 17.6. The van der Waals surface area contributed by atoms with E-state index >= 15 is 0 Å². The van der Waals surface area contributed by atoms with Crippen LogP contribution in [0.25, 0.3) is 0 Å². The van der Waals surface area contributed by atoms with Crippen molar-refractivity contribution in [2.75, 3.05) is 20.3 Å². The van der Waals surface area contributed by atoms with Crippen molar-refractivity contribution in [3.63, 3.8) is 0 Å². The Labute approximate surface area is 125 Å². The molecule has 0 spiro atoms. The average Bonchev–Trinajstić information content (AvgIpc) is 2.48. The van der Waals surface area contributed by atoms with Crippen molar-refractivity contribution >= 4 is 17.7 Å². The van der Waals surface area contributed by atoms with Crippen LogP contribution in [0.4, 0.5) is 0 Å². The fourth-order valence-electron chi connectivity index (χ4n) is 2.70. The van der Waals surface area contributed by atoms with Crippen LogP contribution in [-0.2, 0) is 28.6 Å². The molecule has 0 heterocycles. The maximum atomic E-state index is 12.8. The minimum absolute atomic E-state index is 0.0992. The van der Waals surface area contributed by atoms with E-state index in [4.69, 9.17) is 14.2 Å². The number of carbonyl (C=O) groups is 3. The number of rotatable bonds is 7. The second-order valence-corrected chi connectivity index (χ2v) is 5.06. The molecule has 0 bridgehead atoms. The molecule has 0 atom stereocenters. The van der Waals surface area contributed by atoms with Gasteiger partial charge >= 0.3 is 11.9 Å². The molecule has 0 unspecified atom stereocenters. The van der Waals surface area contributed by atoms with Crippen molar-refractivity contribution in [1.29, 1.82) is 0 Å². The van der Waals surface area contributed by atoms with E-state index in [2.05, 4.69) is 0 Å². The number of Topliss-reactive ketones (excluding diaryl/α,β-unsaturated/α-hetero) is 1. The zero-order chi connectivity index (χ0) is 15.9. The number of ether oxygens (including phenoxy) is 3. The summed E-state index contributed by atoms with van der Waals surface area (Å²) < 4.78 is 15.1. The Balaban J connectivity index is 3.02. The van der Waals surface area contributed by atoms with E-state index in [1.807, 2.05) is 0 Å². The highest BCUT2D eigenvalue weighted by molar-refractivity contribution is 6.17. The number of methoxy groups -OCH3 is 1. The van der Waals surface area contributed by atoms with Crippen LogP contribution >= 0.6 is 0 Å². The quantitative estimate of drug-likeness (QED) is 0.525. The standard InChI is InChI=1S/C15H24O6/c1-4-20-13(17)11(14(18)21-5-2)12(16)15(19-3)9-7-6-8-10-15/h11H,4-10H2,1-3H3. The van der Waals surface area contributed by atoms with Crippen molar-refractivity contribution in [2.24, 2.45) is 5.92 Å². The summed E-state index contributed by atoms with van der Waals surface area (Å²) in [6.45, 7) is 3.44. The highest BCUT2D eigenvalue weighted by Crippen LogP contribution is 2.34. The number of ketones is 1. The van der Waals surface area contributed by atoms with Crippen LogP contribution in [0.15, 0.2) is 0 Å². The molecule has 0 aliphatic heterocycles. The fourth-order valence-corrected chi connectivity index (χ4v) is 2.70. The van der Waals surface area contributed by atoms with Gasteiger partial charge in [0.15, 0.2) is 5.78 Å². The monoisotopic (exact) mass is 300 g/mol. The molecule has 0 saturated heterocycles. The summed E-state index contributed by atoms with van der Waals surface area (Å²) in [4.78, 5) is 36.8. The molecule has 1 rings (SSSR count). The summed E-state index contributed by atoms with van der Waals surface area (Å²) in [6, 6.07) is 0. The third kappa shape index (κ3) is 4.03. The van der Waals surface area contributed by atoms with E-state index in [0.29, 0.717) is 12.8 Å². The molecular formula is C15H24O6. The maximum absolute atomic E-state index is 12.8. The Morgan fingerprint density at radius 1 is 0.952 bits per heavy atom. The number of esters is 2. The average molecular weight is 300 g/mol. The molecule has 120 valence electrons. The number of carbonyl (C=O) groups excluding carboxylic acids is 3. The Morgan fingerprint density at radius 3 is 1.81 bits per heavy atom. The van der Waals surface area contributed by atoms with E-state index in [9.17, 15) is 14.4 Å². The number of hydrogen-bond donors (Lipinski definition) is 0. The molecule has 0 aromatic carbocycles. The molecular weight excluding hydrogens is 276 g/mol. The second kappa shape index (κ2) is 8.12. The van der Waals surface area contributed by atoms with E-state index in [1.54, 1.807) is 13.8 Å². The molecule has 0 aromatic rings. The molecule has 21 heavy (non-hydrogen) atoms. The molecule has 1 aliphatic carbocycles. The first-order valence-electron chi connectivity index (χ1n) is 7.45. The van der Waals surface area contributed by atoms with E-state index in [-0.39, 0.29) is 13.2 Å². The van der Waals surface area contributed by atoms with Crippen LogP contribution in [0.1, 0.15) is 46.0 Å². The van der Waals surface area contributed by atoms with Crippen molar-refractivity contribution in [3.8, 4) is 0 Å². The third-order valence-electron chi connectivity index (χ3n) is 3.81. The molecule has 0 N–H and O–H groups in total. The van der Waals surface area contributed by atoms with Crippen LogP contribution in [0.2, 0.25) is 0 Å². The lowest BCUT2D eigenvalue weighted by Crippen LogP contribution is -2.51. The Kier molecular flexibility index (Phi) is 6.81. The molecule has 1 aliphatic rings. The predicted octanol–water partition coefficient (Wildman–Crippen LogP) is 1.65. The van der Waals surface area contributed by atoms with Crippen molar-refractivity contribution < 1.29 is 28.6 Å². The molecule has 6 heteroatoms. The van der Waals surface area contributed by atoms with E-state index < -0.39 is 29.2 Å². The zero-order valence-electron chi connectivity index (χ0n) is 13.0. The van der Waals surface area contributed by atoms with Crippen LogP contribution in [0.5, 0.6) is 0 Å². The van der Waals surface area contributed by atoms with Crippen molar-refractivity contribution in [1.82, 2.24) is 0 Å². The summed E-state index contributed by atoms with van der Waals surface area (Å²) in [5.74, 6) is -3.81. The van der Waals surface area contributed by atoms with Crippen molar-refractivity contribution in [3.05, 3.63) is 0 Å². The van der Waals surface area contributed by atoms with Gasteiger partial charge < -0.3 is 14.2 Å². The normalized spacial score (nSPS) is 17.3. The van der Waals surface area contributed by atoms with Gasteiger partial charge in [-0.1, -0.05) is 19.3 Å². The number of hydrogen-bond acceptors (Lipinski definition) is 6. The van der Waals surface area contributed by atoms with Gasteiger partial charge in [-0.05, 0) is 26.7 Å². The predicted molar refractivity (Wildman–Crippen MR) is 74.6 cm³/mol. The van der Waals surface area contributed by atoms with Gasteiger partial charge in [-0.25, -0.2) is 0 Å². The highest BCUT2D eigenvalue weighted by atomic mass is 16.6. The minimum Gasteiger partial charge on any atom is -0.465 e. The fraction of sp³-hybridized carbons (Fsp3) is 0.800. The summed E-state index contributed by atoms with van der Waals surface area (Å²) in [5.41, 5.74) is -1.08. The lowest BCUT2D eigenvalue weighted by Gasteiger charge is -2.35. The van der Waals surface area contributed by atoms with Crippen LogP contribution in [-0.4, -0.2) is 43.6 Å². The Morgan fingerprint density at radius 2 is 1.43 bits per heavy atom. The smallest absolute Gasteiger partial charge is 0.328 e. The molecule has 1 saturated carbocycles. The van der Waals surface area contributed by atoms with Gasteiger partial charge in [0.05, 0.1) is 13.2 Å². The highest BCUT2D eigenvalue weighted by Gasteiger charge is 2.49. The largest absolute Gasteiger partial charge is 0.465 e. The maximum Gasteiger partial charge on any atom is 0.328 e. The molecule has 0 aromatic heterocycles. The second-order valence-electron chi connectivity index (χ2n) is 5.06. The Bertz CT molecular complexity index is 366. The van der Waals surface area contributed by atoms with Gasteiger partial charge in [-0.2, -0.15) is 0 Å². The van der Waals surface area contributed by atoms with Crippen LogP contribution in [0, 0.1) is 5.92 Å². The summed E-state index contributed by atoms with van der Waals surface area (Å²) in [5, 5.41) is 0. The van der Waals surface area contributed by atoms with E-state index in [0.717, 1.165) is 19.3 Å². The summed E-state index contributed by atoms with van der Waals surface area (Å²) in [7, 11) is 1.44.